The van der Waals surface area contributed by atoms with Crippen molar-refractivity contribution in [2.45, 2.75) is 30.6 Å². The van der Waals surface area contributed by atoms with E-state index in [1.807, 2.05) is 54.6 Å². The number of amides is 1. The van der Waals surface area contributed by atoms with Crippen molar-refractivity contribution in [2.75, 3.05) is 17.7 Å². The van der Waals surface area contributed by atoms with Gasteiger partial charge in [-0.2, -0.15) is 0 Å². The topological polar surface area (TPSA) is 77.8 Å². The molecule has 0 saturated carbocycles. The molecule has 1 aliphatic heterocycles. The van der Waals surface area contributed by atoms with E-state index in [2.05, 4.69) is 5.32 Å². The van der Waals surface area contributed by atoms with Crippen molar-refractivity contribution < 1.29 is 23.5 Å². The summed E-state index contributed by atoms with van der Waals surface area (Å²) >= 11 is 3.13. The SMILES string of the molecule is CCOC(=O)c1c(NC(=O)c2oc3ccccc3c2COc2ccccc2)sc2c1CCCS2. The Bertz CT molecular complexity index is 1340. The number of ether oxygens (including phenoxy) is 2. The molecule has 34 heavy (non-hydrogen) atoms. The van der Waals surface area contributed by atoms with Gasteiger partial charge in [0.15, 0.2) is 5.76 Å². The zero-order chi connectivity index (χ0) is 23.5. The van der Waals surface area contributed by atoms with E-state index in [-0.39, 0.29) is 19.0 Å². The second kappa shape index (κ2) is 9.95. The molecule has 0 unspecified atom stereocenters. The van der Waals surface area contributed by atoms with E-state index in [1.54, 1.807) is 18.7 Å². The molecule has 1 N–H and O–H groups in total. The number of para-hydroxylation sites is 2. The van der Waals surface area contributed by atoms with E-state index in [4.69, 9.17) is 13.9 Å². The number of hydrogen-bond acceptors (Lipinski definition) is 7. The third-order valence-corrected chi connectivity index (χ3v) is 8.06. The molecule has 3 heterocycles. The highest BCUT2D eigenvalue weighted by molar-refractivity contribution is 8.01. The minimum Gasteiger partial charge on any atom is -0.489 e. The monoisotopic (exact) mass is 493 g/mol. The Hall–Kier alpha value is -3.23. The molecule has 8 heteroatoms. The number of thioether (sulfide) groups is 1. The first-order valence-electron chi connectivity index (χ1n) is 11.1. The first-order chi connectivity index (χ1) is 16.7. The second-order valence-corrected chi connectivity index (χ2v) is 10.1. The van der Waals surface area contributed by atoms with Crippen LogP contribution in [-0.4, -0.2) is 24.2 Å². The van der Waals surface area contributed by atoms with Crippen molar-refractivity contribution in [1.29, 1.82) is 0 Å². The van der Waals surface area contributed by atoms with Crippen LogP contribution in [0.3, 0.4) is 0 Å². The molecule has 2 aromatic heterocycles. The lowest BCUT2D eigenvalue weighted by Crippen LogP contribution is -2.16. The van der Waals surface area contributed by atoms with E-state index in [9.17, 15) is 9.59 Å². The number of hydrogen-bond donors (Lipinski definition) is 1. The van der Waals surface area contributed by atoms with Crippen LogP contribution in [0.2, 0.25) is 0 Å². The van der Waals surface area contributed by atoms with Crippen LogP contribution in [0, 0.1) is 0 Å². The van der Waals surface area contributed by atoms with Crippen LogP contribution in [0.25, 0.3) is 11.0 Å². The molecule has 1 amide bonds. The van der Waals surface area contributed by atoms with Crippen molar-refractivity contribution in [3.8, 4) is 5.75 Å². The number of fused-ring (bicyclic) bond motifs is 2. The molecule has 0 spiro atoms. The molecule has 0 fully saturated rings. The smallest absolute Gasteiger partial charge is 0.341 e. The molecule has 4 aromatic rings. The van der Waals surface area contributed by atoms with Crippen LogP contribution < -0.4 is 10.1 Å². The van der Waals surface area contributed by atoms with Crippen LogP contribution in [0.1, 0.15) is 45.4 Å². The van der Waals surface area contributed by atoms with E-state index in [1.165, 1.54) is 11.3 Å². The highest BCUT2D eigenvalue weighted by Gasteiger charge is 2.29. The molecule has 5 rings (SSSR count). The third kappa shape index (κ3) is 4.43. The van der Waals surface area contributed by atoms with Crippen LogP contribution >= 0.6 is 23.1 Å². The lowest BCUT2D eigenvalue weighted by atomic mass is 10.1. The molecule has 6 nitrogen and oxygen atoms in total. The predicted molar refractivity (Wildman–Crippen MR) is 134 cm³/mol. The van der Waals surface area contributed by atoms with E-state index in [0.717, 1.165) is 33.8 Å². The second-order valence-electron chi connectivity index (χ2n) is 7.71. The number of esters is 1. The lowest BCUT2D eigenvalue weighted by molar-refractivity contribution is 0.0526. The molecule has 0 aliphatic carbocycles. The fourth-order valence-corrected chi connectivity index (χ4v) is 6.52. The summed E-state index contributed by atoms with van der Waals surface area (Å²) in [4.78, 5) is 26.2. The third-order valence-electron chi connectivity index (χ3n) is 5.51. The van der Waals surface area contributed by atoms with Gasteiger partial charge in [0.05, 0.1) is 16.4 Å². The highest BCUT2D eigenvalue weighted by atomic mass is 32.2. The summed E-state index contributed by atoms with van der Waals surface area (Å²) in [7, 11) is 0. The quantitative estimate of drug-likeness (QED) is 0.295. The number of furan rings is 1. The molecule has 0 atom stereocenters. The zero-order valence-electron chi connectivity index (χ0n) is 18.6. The normalized spacial score (nSPS) is 12.9. The Morgan fingerprint density at radius 3 is 2.71 bits per heavy atom. The number of carbonyl (C=O) groups is 2. The Morgan fingerprint density at radius 2 is 1.88 bits per heavy atom. The fraction of sp³-hybridized carbons (Fsp3) is 0.231. The summed E-state index contributed by atoms with van der Waals surface area (Å²) in [6.45, 7) is 2.22. The minimum atomic E-state index is -0.419. The Kier molecular flexibility index (Phi) is 6.60. The van der Waals surface area contributed by atoms with Crippen molar-refractivity contribution >= 4 is 50.9 Å². The molecule has 0 saturated heterocycles. The fourth-order valence-electron chi connectivity index (χ4n) is 3.97. The van der Waals surface area contributed by atoms with Gasteiger partial charge in [-0.05, 0) is 49.3 Å². The summed E-state index contributed by atoms with van der Waals surface area (Å²) in [5.74, 6) is 1.04. The van der Waals surface area contributed by atoms with Crippen molar-refractivity contribution in [2.24, 2.45) is 0 Å². The van der Waals surface area contributed by atoms with Gasteiger partial charge in [0.1, 0.15) is 22.9 Å². The van der Waals surface area contributed by atoms with Gasteiger partial charge < -0.3 is 19.2 Å². The van der Waals surface area contributed by atoms with Crippen LogP contribution in [0.15, 0.2) is 63.2 Å². The van der Waals surface area contributed by atoms with Gasteiger partial charge in [-0.1, -0.05) is 36.4 Å². The summed E-state index contributed by atoms with van der Waals surface area (Å²) in [6.07, 6.45) is 1.78. The van der Waals surface area contributed by atoms with Gasteiger partial charge in [0.25, 0.3) is 5.91 Å². The van der Waals surface area contributed by atoms with Crippen LogP contribution in [0.5, 0.6) is 5.75 Å². The summed E-state index contributed by atoms with van der Waals surface area (Å²) < 4.78 is 18.3. The number of rotatable bonds is 7. The Morgan fingerprint density at radius 1 is 1.09 bits per heavy atom. The average molecular weight is 494 g/mol. The molecular formula is C26H23NO5S2. The average Bonchev–Trinajstić information content (AvgIpc) is 3.41. The molecule has 0 radical (unpaired) electrons. The molecular weight excluding hydrogens is 470 g/mol. The first-order valence-corrected chi connectivity index (χ1v) is 12.9. The van der Waals surface area contributed by atoms with E-state index < -0.39 is 11.9 Å². The largest absolute Gasteiger partial charge is 0.489 e. The lowest BCUT2D eigenvalue weighted by Gasteiger charge is -2.12. The molecule has 2 aromatic carbocycles. The maximum absolute atomic E-state index is 13.4. The predicted octanol–water partition coefficient (Wildman–Crippen LogP) is 6.54. The summed E-state index contributed by atoms with van der Waals surface area (Å²) in [5, 5.41) is 4.25. The zero-order valence-corrected chi connectivity index (χ0v) is 20.2. The van der Waals surface area contributed by atoms with Gasteiger partial charge in [0.2, 0.25) is 0 Å². The van der Waals surface area contributed by atoms with Gasteiger partial charge in [-0.15, -0.1) is 23.1 Å². The van der Waals surface area contributed by atoms with E-state index >= 15 is 0 Å². The number of benzene rings is 2. The van der Waals surface area contributed by atoms with Crippen LogP contribution in [-0.2, 0) is 17.8 Å². The summed E-state index contributed by atoms with van der Waals surface area (Å²) in [5.41, 5.74) is 2.68. The number of anilines is 1. The summed E-state index contributed by atoms with van der Waals surface area (Å²) in [6, 6.07) is 16.9. The standard InChI is InChI=1S/C26H23NO5S2/c1-2-30-25(29)21-18-12-8-14-33-26(18)34-24(21)27-23(28)22-19(15-31-16-9-4-3-5-10-16)17-11-6-7-13-20(17)32-22/h3-7,9-11,13H,2,8,12,14-15H2,1H3,(H,27,28). The van der Waals surface area contributed by atoms with Crippen molar-refractivity contribution in [3.05, 3.63) is 77.0 Å². The first kappa shape index (κ1) is 22.6. The highest BCUT2D eigenvalue weighted by Crippen LogP contribution is 2.44. The Balaban J connectivity index is 1.48. The van der Waals surface area contributed by atoms with Gasteiger partial charge >= 0.3 is 5.97 Å². The number of carbonyl (C=O) groups excluding carboxylic acids is 2. The maximum atomic E-state index is 13.4. The molecule has 174 valence electrons. The Labute approximate surface area is 205 Å². The maximum Gasteiger partial charge on any atom is 0.341 e. The van der Waals surface area contributed by atoms with Gasteiger partial charge in [0, 0.05) is 10.9 Å². The van der Waals surface area contributed by atoms with Gasteiger partial charge in [-0.3, -0.25) is 4.79 Å². The number of nitrogens with one attached hydrogen (secondary N) is 1. The van der Waals surface area contributed by atoms with Gasteiger partial charge in [-0.25, -0.2) is 4.79 Å². The van der Waals surface area contributed by atoms with Crippen molar-refractivity contribution in [3.63, 3.8) is 0 Å². The minimum absolute atomic E-state index is 0.172. The van der Waals surface area contributed by atoms with E-state index in [0.29, 0.717) is 27.5 Å². The van der Waals surface area contributed by atoms with Crippen molar-refractivity contribution in [1.82, 2.24) is 0 Å². The van der Waals surface area contributed by atoms with Crippen LogP contribution in [0.4, 0.5) is 5.00 Å². The number of thiophene rings is 1. The molecule has 1 aliphatic rings. The molecule has 0 bridgehead atoms.